The van der Waals surface area contributed by atoms with Crippen LogP contribution in [0.25, 0.3) is 28.1 Å². The number of para-hydroxylation sites is 1. The predicted molar refractivity (Wildman–Crippen MR) is 216 cm³/mol. The van der Waals surface area contributed by atoms with Gasteiger partial charge in [0.25, 0.3) is 0 Å². The van der Waals surface area contributed by atoms with Gasteiger partial charge in [0.15, 0.2) is 5.72 Å². The molecule has 2 aliphatic heterocycles. The van der Waals surface area contributed by atoms with Crippen molar-refractivity contribution in [2.24, 2.45) is 5.73 Å². The number of nitrogens with one attached hydrogen (secondary N) is 1. The third kappa shape index (κ3) is 8.06. The third-order valence-corrected chi connectivity index (χ3v) is 11.2. The topological polar surface area (TPSA) is 159 Å². The van der Waals surface area contributed by atoms with Gasteiger partial charge in [0.1, 0.15) is 12.2 Å². The number of imidazole rings is 2. The van der Waals surface area contributed by atoms with E-state index < -0.39 is 17.9 Å². The Hall–Kier alpha value is -5.83. The molecule has 4 heterocycles. The molecule has 2 amide bonds. The summed E-state index contributed by atoms with van der Waals surface area (Å²) in [6.45, 7) is 5.86. The van der Waals surface area contributed by atoms with Crippen molar-refractivity contribution >= 4 is 23.8 Å². The number of nitrogens with zero attached hydrogens (tertiary/aromatic N) is 6. The van der Waals surface area contributed by atoms with Crippen LogP contribution in [0.2, 0.25) is 0 Å². The first-order chi connectivity index (χ1) is 27.6. The molecule has 3 atom stereocenters. The molecule has 57 heavy (non-hydrogen) atoms. The van der Waals surface area contributed by atoms with Crippen molar-refractivity contribution < 1.29 is 28.6 Å². The molecule has 298 valence electrons. The Bertz CT molecular complexity index is 2220. The van der Waals surface area contributed by atoms with E-state index in [1.807, 2.05) is 50.4 Å². The fourth-order valence-electron chi connectivity index (χ4n) is 8.40. The molecular formula is C43H50N8O6. The predicted octanol–water partition coefficient (Wildman–Crippen LogP) is 7.56. The summed E-state index contributed by atoms with van der Waals surface area (Å²) in [7, 11) is 2.99. The number of anilines is 1. The molecular weight excluding hydrogens is 725 g/mol. The van der Waals surface area contributed by atoms with Crippen LogP contribution in [0, 0.1) is 0 Å². The molecule has 2 saturated heterocycles. The highest BCUT2D eigenvalue weighted by Crippen LogP contribution is 2.43. The minimum atomic E-state index is -0.909. The van der Waals surface area contributed by atoms with Gasteiger partial charge in [0.05, 0.1) is 43.7 Å². The maximum atomic E-state index is 14.7. The molecule has 2 fully saturated rings. The number of nitrogens with two attached hydrogens (primary N) is 1. The van der Waals surface area contributed by atoms with E-state index in [1.54, 1.807) is 36.3 Å². The van der Waals surface area contributed by atoms with E-state index in [9.17, 15) is 14.4 Å². The summed E-state index contributed by atoms with van der Waals surface area (Å²) >= 11 is 0. The molecule has 3 N–H and O–H groups in total. The van der Waals surface area contributed by atoms with Crippen molar-refractivity contribution in [1.82, 2.24) is 28.9 Å². The summed E-state index contributed by atoms with van der Waals surface area (Å²) in [5.41, 5.74) is 10.8. The van der Waals surface area contributed by atoms with Crippen LogP contribution >= 0.6 is 0 Å². The number of rotatable bonds is 13. The lowest BCUT2D eigenvalue weighted by Gasteiger charge is -2.40. The van der Waals surface area contributed by atoms with Crippen LogP contribution in [0.3, 0.4) is 0 Å². The molecule has 5 aromatic rings. The van der Waals surface area contributed by atoms with Crippen molar-refractivity contribution in [2.45, 2.75) is 70.2 Å². The largest absolute Gasteiger partial charge is 0.453 e. The van der Waals surface area contributed by atoms with Crippen LogP contribution in [0.1, 0.15) is 79.9 Å². The number of hydrogen-bond donors (Lipinski definition) is 2. The van der Waals surface area contributed by atoms with E-state index in [4.69, 9.17) is 29.9 Å². The average molecular weight is 775 g/mol. The van der Waals surface area contributed by atoms with Crippen molar-refractivity contribution in [3.8, 4) is 28.1 Å². The number of hydrogen-bond acceptors (Lipinski definition) is 10. The monoisotopic (exact) mass is 774 g/mol. The number of amides is 2. The SMILES string of the molecule is CCC(C)(OC(N)=O)N1CCC[C@H]1c1nccn1-c1ccc(-c2ccccc2)c(-c2c([C@@H]3CCCN3COC)ncn2C(=O)Cc2ccccc2NC(=O)OC)c1. The van der Waals surface area contributed by atoms with Gasteiger partial charge in [-0.2, -0.15) is 0 Å². The first kappa shape index (κ1) is 39.4. The van der Waals surface area contributed by atoms with Crippen LogP contribution in [-0.2, 0) is 20.6 Å². The first-order valence-electron chi connectivity index (χ1n) is 19.4. The van der Waals surface area contributed by atoms with Gasteiger partial charge in [-0.05, 0) is 73.9 Å². The number of benzene rings is 3. The minimum Gasteiger partial charge on any atom is -0.453 e. The van der Waals surface area contributed by atoms with E-state index in [0.29, 0.717) is 30.1 Å². The van der Waals surface area contributed by atoms with Crippen LogP contribution < -0.4 is 11.1 Å². The second-order valence-corrected chi connectivity index (χ2v) is 14.6. The van der Waals surface area contributed by atoms with Crippen LogP contribution in [0.5, 0.6) is 0 Å². The number of carbonyl (C=O) groups excluding carboxylic acids is 3. The van der Waals surface area contributed by atoms with Crippen LogP contribution in [0.4, 0.5) is 15.3 Å². The molecule has 0 bridgehead atoms. The highest BCUT2D eigenvalue weighted by Gasteiger charge is 2.43. The standard InChI is InChI=1S/C43H50N8O6/c1-5-43(2,57-41(44)53)51-23-12-18-36(51)40-45-21-24-49(40)31-19-20-32(29-13-7-6-8-14-29)33(26-31)39-38(35-17-11-22-48(35)28-55-3)46-27-50(39)37(52)25-30-15-9-10-16-34(30)47-42(54)56-4/h6-10,13-16,19-21,24,26-27,35-36H,5,11-12,17-18,22-23,25,28H2,1-4H3,(H2,44,53)(H,47,54)/t35-,36-,43?/m0/s1. The second kappa shape index (κ2) is 17.1. The molecule has 3 aromatic carbocycles. The van der Waals surface area contributed by atoms with Crippen molar-refractivity contribution in [3.05, 3.63) is 109 Å². The third-order valence-electron chi connectivity index (χ3n) is 11.2. The van der Waals surface area contributed by atoms with Gasteiger partial charge in [-0.3, -0.25) is 24.5 Å². The Morgan fingerprint density at radius 1 is 0.930 bits per heavy atom. The minimum absolute atomic E-state index is 0.0114. The van der Waals surface area contributed by atoms with Gasteiger partial charge in [-0.1, -0.05) is 61.5 Å². The Morgan fingerprint density at radius 3 is 2.44 bits per heavy atom. The first-order valence-corrected chi connectivity index (χ1v) is 19.4. The second-order valence-electron chi connectivity index (χ2n) is 14.6. The maximum absolute atomic E-state index is 14.7. The number of ether oxygens (including phenoxy) is 3. The zero-order valence-electron chi connectivity index (χ0n) is 32.9. The quantitative estimate of drug-likeness (QED) is 0.122. The molecule has 0 aliphatic carbocycles. The lowest BCUT2D eigenvalue weighted by molar-refractivity contribution is -0.108. The van der Waals surface area contributed by atoms with Gasteiger partial charge >= 0.3 is 12.2 Å². The van der Waals surface area contributed by atoms with E-state index in [-0.39, 0.29) is 24.4 Å². The van der Waals surface area contributed by atoms with Gasteiger partial charge in [-0.25, -0.2) is 19.6 Å². The molecule has 7 rings (SSSR count). The normalized spacial score (nSPS) is 18.3. The molecule has 0 radical (unpaired) electrons. The van der Waals surface area contributed by atoms with Gasteiger partial charge in [-0.15, -0.1) is 0 Å². The van der Waals surface area contributed by atoms with Crippen molar-refractivity contribution in [1.29, 1.82) is 0 Å². The summed E-state index contributed by atoms with van der Waals surface area (Å²) in [6.07, 6.45) is 7.98. The summed E-state index contributed by atoms with van der Waals surface area (Å²) in [6, 6.07) is 23.3. The highest BCUT2D eigenvalue weighted by atomic mass is 16.6. The Morgan fingerprint density at radius 2 is 1.68 bits per heavy atom. The number of methoxy groups -OCH3 is 2. The molecule has 0 saturated carbocycles. The summed E-state index contributed by atoms with van der Waals surface area (Å²) in [5, 5.41) is 2.74. The molecule has 14 nitrogen and oxygen atoms in total. The molecule has 1 unspecified atom stereocenters. The van der Waals surface area contributed by atoms with Crippen LogP contribution in [-0.4, -0.2) is 86.8 Å². The zero-order valence-corrected chi connectivity index (χ0v) is 32.9. The van der Waals surface area contributed by atoms with E-state index >= 15 is 0 Å². The Balaban J connectivity index is 1.38. The summed E-state index contributed by atoms with van der Waals surface area (Å²) in [5.74, 6) is 0.585. The summed E-state index contributed by atoms with van der Waals surface area (Å²) < 4.78 is 19.9. The average Bonchev–Trinajstić information content (AvgIpc) is 4.05. The lowest BCUT2D eigenvalue weighted by atomic mass is 9.94. The van der Waals surface area contributed by atoms with Gasteiger partial charge in [0.2, 0.25) is 5.91 Å². The highest BCUT2D eigenvalue weighted by molar-refractivity contribution is 5.93. The number of aromatic nitrogens is 4. The fraction of sp³-hybridized carbons (Fsp3) is 0.372. The lowest BCUT2D eigenvalue weighted by Crippen LogP contribution is -2.50. The smallest absolute Gasteiger partial charge is 0.411 e. The number of primary amides is 1. The molecule has 2 aromatic heterocycles. The van der Waals surface area contributed by atoms with E-state index in [0.717, 1.165) is 72.7 Å². The maximum Gasteiger partial charge on any atom is 0.411 e. The Labute approximate surface area is 332 Å². The van der Waals surface area contributed by atoms with Gasteiger partial charge < -0.3 is 24.5 Å². The zero-order chi connectivity index (χ0) is 40.1. The molecule has 14 heteroatoms. The molecule has 0 spiro atoms. The molecule has 2 aliphatic rings. The van der Waals surface area contributed by atoms with Gasteiger partial charge in [0, 0.05) is 49.5 Å². The van der Waals surface area contributed by atoms with Crippen molar-refractivity contribution in [2.75, 3.05) is 39.4 Å². The van der Waals surface area contributed by atoms with Crippen LogP contribution in [0.15, 0.2) is 91.5 Å². The van der Waals surface area contributed by atoms with E-state index in [1.165, 1.54) is 7.11 Å². The van der Waals surface area contributed by atoms with Crippen molar-refractivity contribution in [3.63, 3.8) is 0 Å². The Kier molecular flexibility index (Phi) is 11.8. The summed E-state index contributed by atoms with van der Waals surface area (Å²) in [4.78, 5) is 53.2. The fourth-order valence-corrected chi connectivity index (χ4v) is 8.40. The van der Waals surface area contributed by atoms with E-state index in [2.05, 4.69) is 50.0 Å². The number of likely N-dealkylation sites (tertiary alicyclic amines) is 2. The number of carbonyl (C=O) groups is 3.